The summed E-state index contributed by atoms with van der Waals surface area (Å²) in [5, 5.41) is 9.68. The van der Waals surface area contributed by atoms with Gasteiger partial charge < -0.3 is 9.84 Å². The van der Waals surface area contributed by atoms with Gasteiger partial charge in [0.05, 0.1) is 23.1 Å². The maximum Gasteiger partial charge on any atom is 0.335 e. The standard InChI is InChI=1S/C13H12N2O3/c16-13(17)9-3-4-10-11(5-9)14-7-15-12(10)18-6-8-1-2-8/h3-5,7-8H,1-2,6H2,(H,16,17). The van der Waals surface area contributed by atoms with Gasteiger partial charge in [0.15, 0.2) is 0 Å². The Morgan fingerprint density at radius 3 is 2.94 bits per heavy atom. The Balaban J connectivity index is 1.96. The number of nitrogens with zero attached hydrogens (tertiary/aromatic N) is 2. The lowest BCUT2D eigenvalue weighted by Crippen LogP contribution is -2.02. The molecule has 0 saturated heterocycles. The molecule has 1 N–H and O–H groups in total. The number of fused-ring (bicyclic) bond motifs is 1. The second-order valence-corrected chi connectivity index (χ2v) is 4.47. The van der Waals surface area contributed by atoms with Crippen LogP contribution in [0.4, 0.5) is 0 Å². The van der Waals surface area contributed by atoms with E-state index in [0.29, 0.717) is 23.9 Å². The van der Waals surface area contributed by atoms with Gasteiger partial charge in [-0.15, -0.1) is 0 Å². The molecule has 1 heterocycles. The maximum absolute atomic E-state index is 10.9. The number of carboxylic acid groups (broad SMARTS) is 1. The molecule has 0 amide bonds. The van der Waals surface area contributed by atoms with Crippen LogP contribution in [-0.2, 0) is 0 Å². The average Bonchev–Trinajstić information content (AvgIpc) is 3.19. The maximum atomic E-state index is 10.9. The predicted octanol–water partition coefficient (Wildman–Crippen LogP) is 2.12. The molecule has 1 saturated carbocycles. The molecule has 0 aliphatic heterocycles. The van der Waals surface area contributed by atoms with Crippen molar-refractivity contribution in [2.45, 2.75) is 12.8 Å². The van der Waals surface area contributed by atoms with Gasteiger partial charge in [0.1, 0.15) is 6.33 Å². The third-order valence-corrected chi connectivity index (χ3v) is 3.00. The van der Waals surface area contributed by atoms with Crippen molar-refractivity contribution in [1.29, 1.82) is 0 Å². The van der Waals surface area contributed by atoms with Crippen molar-refractivity contribution in [3.63, 3.8) is 0 Å². The summed E-state index contributed by atoms with van der Waals surface area (Å²) in [7, 11) is 0. The van der Waals surface area contributed by atoms with E-state index in [1.807, 2.05) is 0 Å². The number of hydrogen-bond donors (Lipinski definition) is 1. The predicted molar refractivity (Wildman–Crippen MR) is 64.7 cm³/mol. The molecule has 1 aromatic heterocycles. The van der Waals surface area contributed by atoms with Crippen molar-refractivity contribution in [3.8, 4) is 5.88 Å². The molecule has 0 radical (unpaired) electrons. The van der Waals surface area contributed by atoms with Crippen LogP contribution in [0.15, 0.2) is 24.5 Å². The van der Waals surface area contributed by atoms with Gasteiger partial charge in [-0.2, -0.15) is 0 Å². The molecule has 1 aliphatic carbocycles. The Kier molecular flexibility index (Phi) is 2.59. The Hall–Kier alpha value is -2.17. The highest BCUT2D eigenvalue weighted by molar-refractivity contribution is 5.94. The zero-order valence-corrected chi connectivity index (χ0v) is 9.67. The zero-order valence-electron chi connectivity index (χ0n) is 9.67. The Bertz CT molecular complexity index is 608. The summed E-state index contributed by atoms with van der Waals surface area (Å²) in [6.45, 7) is 0.673. The normalized spacial score (nSPS) is 14.7. The zero-order chi connectivity index (χ0) is 12.5. The van der Waals surface area contributed by atoms with Crippen LogP contribution in [0.3, 0.4) is 0 Å². The summed E-state index contributed by atoms with van der Waals surface area (Å²) in [6, 6.07) is 4.77. The van der Waals surface area contributed by atoms with E-state index in [1.54, 1.807) is 6.07 Å². The van der Waals surface area contributed by atoms with E-state index in [9.17, 15) is 4.79 Å². The van der Waals surface area contributed by atoms with Crippen LogP contribution in [0.2, 0.25) is 0 Å². The van der Waals surface area contributed by atoms with E-state index >= 15 is 0 Å². The van der Waals surface area contributed by atoms with Crippen LogP contribution in [0, 0.1) is 5.92 Å². The Morgan fingerprint density at radius 2 is 2.22 bits per heavy atom. The second-order valence-electron chi connectivity index (χ2n) is 4.47. The summed E-state index contributed by atoms with van der Waals surface area (Å²) in [5.74, 6) is 0.216. The van der Waals surface area contributed by atoms with Crippen LogP contribution in [0.5, 0.6) is 5.88 Å². The summed E-state index contributed by atoms with van der Waals surface area (Å²) < 4.78 is 5.65. The smallest absolute Gasteiger partial charge is 0.335 e. The van der Waals surface area contributed by atoms with Gasteiger partial charge in [-0.1, -0.05) is 0 Å². The Labute approximate surface area is 103 Å². The number of carbonyl (C=O) groups is 1. The van der Waals surface area contributed by atoms with Gasteiger partial charge >= 0.3 is 5.97 Å². The number of ether oxygens (including phenoxy) is 1. The molecule has 18 heavy (non-hydrogen) atoms. The Morgan fingerprint density at radius 1 is 1.39 bits per heavy atom. The van der Waals surface area contributed by atoms with Crippen LogP contribution in [0.1, 0.15) is 23.2 Å². The highest BCUT2D eigenvalue weighted by Gasteiger charge is 2.22. The molecule has 0 atom stereocenters. The third-order valence-electron chi connectivity index (χ3n) is 3.00. The summed E-state index contributed by atoms with van der Waals surface area (Å²) in [6.07, 6.45) is 3.83. The highest BCUT2D eigenvalue weighted by Crippen LogP contribution is 2.30. The number of aromatic nitrogens is 2. The minimum absolute atomic E-state index is 0.217. The lowest BCUT2D eigenvalue weighted by molar-refractivity contribution is 0.0697. The van der Waals surface area contributed by atoms with Gasteiger partial charge in [-0.3, -0.25) is 0 Å². The van der Waals surface area contributed by atoms with Crippen molar-refractivity contribution >= 4 is 16.9 Å². The molecule has 0 spiro atoms. The topological polar surface area (TPSA) is 72.3 Å². The molecule has 3 rings (SSSR count). The fourth-order valence-corrected chi connectivity index (χ4v) is 1.76. The fraction of sp³-hybridized carbons (Fsp3) is 0.308. The number of rotatable bonds is 4. The fourth-order valence-electron chi connectivity index (χ4n) is 1.76. The number of aromatic carboxylic acids is 1. The van der Waals surface area contributed by atoms with Crippen molar-refractivity contribution < 1.29 is 14.6 Å². The quantitative estimate of drug-likeness (QED) is 0.891. The SMILES string of the molecule is O=C(O)c1ccc2c(OCC3CC3)ncnc2c1. The third kappa shape index (κ3) is 2.11. The van der Waals surface area contributed by atoms with Gasteiger partial charge in [0.25, 0.3) is 0 Å². The van der Waals surface area contributed by atoms with Crippen molar-refractivity contribution in [1.82, 2.24) is 9.97 Å². The molecule has 0 unspecified atom stereocenters. The minimum atomic E-state index is -0.962. The minimum Gasteiger partial charge on any atom is -0.478 e. The summed E-state index contributed by atoms with van der Waals surface area (Å²) >= 11 is 0. The largest absolute Gasteiger partial charge is 0.478 e. The van der Waals surface area contributed by atoms with E-state index in [2.05, 4.69) is 9.97 Å². The first-order valence-corrected chi connectivity index (χ1v) is 5.85. The first-order chi connectivity index (χ1) is 8.74. The molecular weight excluding hydrogens is 232 g/mol. The summed E-state index contributed by atoms with van der Waals surface area (Å²) in [4.78, 5) is 19.1. The van der Waals surface area contributed by atoms with Gasteiger partial charge in [-0.25, -0.2) is 14.8 Å². The highest BCUT2D eigenvalue weighted by atomic mass is 16.5. The van der Waals surface area contributed by atoms with Gasteiger partial charge in [-0.05, 0) is 37.0 Å². The van der Waals surface area contributed by atoms with Crippen LogP contribution in [-0.4, -0.2) is 27.7 Å². The van der Waals surface area contributed by atoms with Crippen LogP contribution in [0.25, 0.3) is 10.9 Å². The van der Waals surface area contributed by atoms with E-state index in [-0.39, 0.29) is 5.56 Å². The molecule has 92 valence electrons. The van der Waals surface area contributed by atoms with E-state index in [4.69, 9.17) is 9.84 Å². The average molecular weight is 244 g/mol. The molecule has 5 heteroatoms. The lowest BCUT2D eigenvalue weighted by atomic mass is 10.1. The molecule has 0 bridgehead atoms. The van der Waals surface area contributed by atoms with Crippen LogP contribution >= 0.6 is 0 Å². The number of hydrogen-bond acceptors (Lipinski definition) is 4. The molecular formula is C13H12N2O3. The van der Waals surface area contributed by atoms with Gasteiger partial charge in [0, 0.05) is 0 Å². The first kappa shape index (κ1) is 11.0. The monoisotopic (exact) mass is 244 g/mol. The van der Waals surface area contributed by atoms with E-state index < -0.39 is 5.97 Å². The van der Waals surface area contributed by atoms with E-state index in [0.717, 1.165) is 5.39 Å². The lowest BCUT2D eigenvalue weighted by Gasteiger charge is -2.07. The van der Waals surface area contributed by atoms with Crippen LogP contribution < -0.4 is 4.74 Å². The molecule has 1 aromatic carbocycles. The van der Waals surface area contributed by atoms with Crippen molar-refractivity contribution in [2.24, 2.45) is 5.92 Å². The van der Waals surface area contributed by atoms with Gasteiger partial charge in [0.2, 0.25) is 5.88 Å². The summed E-state index contributed by atoms with van der Waals surface area (Å²) in [5.41, 5.74) is 0.810. The second kappa shape index (κ2) is 4.25. The van der Waals surface area contributed by atoms with Crippen molar-refractivity contribution in [3.05, 3.63) is 30.1 Å². The van der Waals surface area contributed by atoms with E-state index in [1.165, 1.54) is 31.3 Å². The molecule has 2 aromatic rings. The molecule has 1 fully saturated rings. The van der Waals surface area contributed by atoms with Crippen molar-refractivity contribution in [2.75, 3.05) is 6.61 Å². The molecule has 5 nitrogen and oxygen atoms in total. The first-order valence-electron chi connectivity index (χ1n) is 5.85. The molecule has 1 aliphatic rings. The number of carboxylic acids is 1. The number of benzene rings is 1.